The van der Waals surface area contributed by atoms with Gasteiger partial charge in [-0.25, -0.2) is 0 Å². The molecule has 1 amide bonds. The predicted octanol–water partition coefficient (Wildman–Crippen LogP) is 0.777. The third-order valence-electron chi connectivity index (χ3n) is 3.14. The molecule has 1 aliphatic rings. The number of nitro benzene ring substituents is 1. The van der Waals surface area contributed by atoms with Crippen LogP contribution in [0, 0.1) is 10.1 Å². The number of non-ortho nitro benzene ring substituents is 1. The Labute approximate surface area is 110 Å². The molecule has 1 aromatic rings. The number of nitrogens with zero attached hydrogens (tertiary/aromatic N) is 2. The lowest BCUT2D eigenvalue weighted by atomic mass is 10.1. The molecule has 1 unspecified atom stereocenters. The normalized spacial score (nSPS) is 18.4. The topological polar surface area (TPSA) is 98.7 Å². The quantitative estimate of drug-likeness (QED) is 0.643. The highest BCUT2D eigenvalue weighted by Gasteiger charge is 2.27. The second-order valence-corrected chi connectivity index (χ2v) is 4.44. The van der Waals surface area contributed by atoms with Gasteiger partial charge in [-0.05, 0) is 12.5 Å². The minimum atomic E-state index is -0.525. The van der Waals surface area contributed by atoms with E-state index in [4.69, 9.17) is 10.5 Å². The summed E-state index contributed by atoms with van der Waals surface area (Å²) in [7, 11) is 1.38. The van der Waals surface area contributed by atoms with Crippen molar-refractivity contribution in [3.05, 3.63) is 33.9 Å². The summed E-state index contributed by atoms with van der Waals surface area (Å²) in [4.78, 5) is 24.1. The number of amides is 1. The Balaban J connectivity index is 2.29. The Kier molecular flexibility index (Phi) is 3.66. The first-order valence-electron chi connectivity index (χ1n) is 5.90. The van der Waals surface area contributed by atoms with E-state index in [-0.39, 0.29) is 23.4 Å². The molecule has 1 atom stereocenters. The maximum atomic E-state index is 12.3. The highest BCUT2D eigenvalue weighted by Crippen LogP contribution is 2.26. The molecule has 0 saturated carbocycles. The van der Waals surface area contributed by atoms with E-state index < -0.39 is 4.92 Å². The Morgan fingerprint density at radius 3 is 2.84 bits per heavy atom. The van der Waals surface area contributed by atoms with Crippen LogP contribution in [-0.4, -0.2) is 42.0 Å². The molecule has 1 aromatic carbocycles. The van der Waals surface area contributed by atoms with Crippen molar-refractivity contribution in [3.8, 4) is 5.75 Å². The van der Waals surface area contributed by atoms with E-state index in [0.29, 0.717) is 18.7 Å². The summed E-state index contributed by atoms with van der Waals surface area (Å²) in [5.41, 5.74) is 5.98. The van der Waals surface area contributed by atoms with Crippen LogP contribution in [0.25, 0.3) is 0 Å². The second kappa shape index (κ2) is 5.23. The summed E-state index contributed by atoms with van der Waals surface area (Å²) < 4.78 is 5.06. The fraction of sp³-hybridized carbons (Fsp3) is 0.417. The van der Waals surface area contributed by atoms with E-state index in [1.165, 1.54) is 25.3 Å². The molecule has 2 N–H and O–H groups in total. The van der Waals surface area contributed by atoms with Crippen molar-refractivity contribution in [2.24, 2.45) is 5.73 Å². The molecular weight excluding hydrogens is 250 g/mol. The average Bonchev–Trinajstić information content (AvgIpc) is 2.83. The minimum Gasteiger partial charge on any atom is -0.496 e. The summed E-state index contributed by atoms with van der Waals surface area (Å²) in [6, 6.07) is 3.96. The summed E-state index contributed by atoms with van der Waals surface area (Å²) in [5.74, 6) is -0.000584. The maximum Gasteiger partial charge on any atom is 0.273 e. The highest BCUT2D eigenvalue weighted by atomic mass is 16.6. The minimum absolute atomic E-state index is 0.00649. The molecule has 1 aliphatic heterocycles. The van der Waals surface area contributed by atoms with Gasteiger partial charge in [0.15, 0.2) is 0 Å². The second-order valence-electron chi connectivity index (χ2n) is 4.44. The zero-order chi connectivity index (χ0) is 14.0. The van der Waals surface area contributed by atoms with Crippen LogP contribution in [0.5, 0.6) is 5.75 Å². The van der Waals surface area contributed by atoms with E-state index in [1.54, 1.807) is 4.90 Å². The van der Waals surface area contributed by atoms with Crippen LogP contribution in [0.4, 0.5) is 5.69 Å². The number of benzene rings is 1. The van der Waals surface area contributed by atoms with Gasteiger partial charge in [-0.2, -0.15) is 0 Å². The lowest BCUT2D eigenvalue weighted by Crippen LogP contribution is -2.32. The van der Waals surface area contributed by atoms with Gasteiger partial charge in [-0.15, -0.1) is 0 Å². The van der Waals surface area contributed by atoms with Crippen molar-refractivity contribution < 1.29 is 14.5 Å². The van der Waals surface area contributed by atoms with E-state index >= 15 is 0 Å². The van der Waals surface area contributed by atoms with E-state index in [2.05, 4.69) is 0 Å². The molecule has 1 heterocycles. The summed E-state index contributed by atoms with van der Waals surface area (Å²) in [6.07, 6.45) is 0.765. The fourth-order valence-electron chi connectivity index (χ4n) is 2.11. The third-order valence-corrected chi connectivity index (χ3v) is 3.14. The van der Waals surface area contributed by atoms with Crippen molar-refractivity contribution in [2.75, 3.05) is 20.2 Å². The molecule has 7 nitrogen and oxygen atoms in total. The molecule has 0 spiro atoms. The molecule has 2 rings (SSSR count). The van der Waals surface area contributed by atoms with Gasteiger partial charge >= 0.3 is 0 Å². The molecule has 19 heavy (non-hydrogen) atoms. The standard InChI is InChI=1S/C12H15N3O4/c1-19-11-6-9(15(17)18)2-3-10(11)12(16)14-5-4-8(13)7-14/h2-3,6,8H,4-5,7,13H2,1H3. The number of carbonyl (C=O) groups excluding carboxylic acids is 1. The van der Waals surface area contributed by atoms with Gasteiger partial charge in [-0.1, -0.05) is 0 Å². The van der Waals surface area contributed by atoms with Crippen LogP contribution in [-0.2, 0) is 0 Å². The smallest absolute Gasteiger partial charge is 0.273 e. The van der Waals surface area contributed by atoms with E-state index in [0.717, 1.165) is 6.42 Å². The number of nitro groups is 1. The molecule has 0 bridgehead atoms. The lowest BCUT2D eigenvalue weighted by molar-refractivity contribution is -0.384. The molecule has 7 heteroatoms. The first kappa shape index (κ1) is 13.3. The fourth-order valence-corrected chi connectivity index (χ4v) is 2.11. The molecule has 0 radical (unpaired) electrons. The van der Waals surface area contributed by atoms with Gasteiger partial charge in [0, 0.05) is 25.2 Å². The van der Waals surface area contributed by atoms with Crippen LogP contribution >= 0.6 is 0 Å². The monoisotopic (exact) mass is 265 g/mol. The summed E-state index contributed by atoms with van der Waals surface area (Å²) >= 11 is 0. The van der Waals surface area contributed by atoms with Crippen molar-refractivity contribution in [1.29, 1.82) is 0 Å². The third kappa shape index (κ3) is 2.65. The average molecular weight is 265 g/mol. The molecular formula is C12H15N3O4. The Hall–Kier alpha value is -2.15. The van der Waals surface area contributed by atoms with Crippen molar-refractivity contribution in [3.63, 3.8) is 0 Å². The van der Waals surface area contributed by atoms with Crippen molar-refractivity contribution in [2.45, 2.75) is 12.5 Å². The number of hydrogen-bond donors (Lipinski definition) is 1. The summed E-state index contributed by atoms with van der Waals surface area (Å²) in [5, 5.41) is 10.7. The highest BCUT2D eigenvalue weighted by molar-refractivity contribution is 5.97. The van der Waals surface area contributed by atoms with Gasteiger partial charge in [0.25, 0.3) is 11.6 Å². The predicted molar refractivity (Wildman–Crippen MR) is 68.1 cm³/mol. The van der Waals surface area contributed by atoms with Gasteiger partial charge in [0.1, 0.15) is 5.75 Å². The van der Waals surface area contributed by atoms with Crippen LogP contribution in [0.1, 0.15) is 16.8 Å². The molecule has 0 aromatic heterocycles. The van der Waals surface area contributed by atoms with Crippen molar-refractivity contribution in [1.82, 2.24) is 4.90 Å². The van der Waals surface area contributed by atoms with Gasteiger partial charge in [-0.3, -0.25) is 14.9 Å². The number of rotatable bonds is 3. The molecule has 102 valence electrons. The van der Waals surface area contributed by atoms with Gasteiger partial charge < -0.3 is 15.4 Å². The number of carbonyl (C=O) groups is 1. The zero-order valence-corrected chi connectivity index (χ0v) is 10.5. The van der Waals surface area contributed by atoms with Crippen LogP contribution in [0.2, 0.25) is 0 Å². The largest absolute Gasteiger partial charge is 0.496 e. The maximum absolute atomic E-state index is 12.3. The molecule has 1 saturated heterocycles. The Bertz CT molecular complexity index is 518. The SMILES string of the molecule is COc1cc([N+](=O)[O-])ccc1C(=O)N1CCC(N)C1. The van der Waals surface area contributed by atoms with Gasteiger partial charge in [0.05, 0.1) is 23.7 Å². The van der Waals surface area contributed by atoms with Crippen LogP contribution < -0.4 is 10.5 Å². The lowest BCUT2D eigenvalue weighted by Gasteiger charge is -2.17. The number of methoxy groups -OCH3 is 1. The van der Waals surface area contributed by atoms with Crippen molar-refractivity contribution >= 4 is 11.6 Å². The molecule has 1 fully saturated rings. The van der Waals surface area contributed by atoms with Crippen LogP contribution in [0.15, 0.2) is 18.2 Å². The molecule has 0 aliphatic carbocycles. The Morgan fingerprint density at radius 2 is 2.32 bits per heavy atom. The van der Waals surface area contributed by atoms with Gasteiger partial charge in [0.2, 0.25) is 0 Å². The Morgan fingerprint density at radius 1 is 1.58 bits per heavy atom. The number of likely N-dealkylation sites (tertiary alicyclic amines) is 1. The van der Waals surface area contributed by atoms with E-state index in [1.807, 2.05) is 0 Å². The first-order chi connectivity index (χ1) is 9.02. The number of nitrogens with two attached hydrogens (primary N) is 1. The number of hydrogen-bond acceptors (Lipinski definition) is 5. The van der Waals surface area contributed by atoms with Crippen LogP contribution in [0.3, 0.4) is 0 Å². The number of ether oxygens (including phenoxy) is 1. The van der Waals surface area contributed by atoms with E-state index in [9.17, 15) is 14.9 Å². The first-order valence-corrected chi connectivity index (χ1v) is 5.90. The zero-order valence-electron chi connectivity index (χ0n) is 10.5. The summed E-state index contributed by atoms with van der Waals surface area (Å²) in [6.45, 7) is 1.10.